The van der Waals surface area contributed by atoms with Gasteiger partial charge in [0.1, 0.15) is 0 Å². The van der Waals surface area contributed by atoms with Crippen molar-refractivity contribution in [3.8, 4) is 0 Å². The molecule has 0 spiro atoms. The standard InChI is InChI=1S/C21H24BrClN2O3S/c22-17-8-12-20(13-9-17)29(27,28)25(19-4-2-1-3-5-19)15-21(26)24-14-16-6-10-18(23)11-7-16/h6-13,19H,1-5,14-15H2,(H,24,26). The van der Waals surface area contributed by atoms with Gasteiger partial charge in [-0.1, -0.05) is 58.9 Å². The number of nitrogens with zero attached hydrogens (tertiary/aromatic N) is 1. The lowest BCUT2D eigenvalue weighted by Crippen LogP contribution is -2.46. The molecule has 8 heteroatoms. The van der Waals surface area contributed by atoms with Crippen LogP contribution in [-0.4, -0.2) is 31.2 Å². The Bertz CT molecular complexity index is 927. The van der Waals surface area contributed by atoms with Gasteiger partial charge in [-0.05, 0) is 54.8 Å². The van der Waals surface area contributed by atoms with E-state index in [1.807, 2.05) is 12.1 Å². The minimum Gasteiger partial charge on any atom is -0.351 e. The minimum atomic E-state index is -3.77. The molecule has 2 aromatic rings. The highest BCUT2D eigenvalue weighted by Gasteiger charge is 2.33. The third-order valence-corrected chi connectivity index (χ3v) is 7.80. The number of carbonyl (C=O) groups excluding carboxylic acids is 1. The number of carbonyl (C=O) groups is 1. The first-order valence-electron chi connectivity index (χ1n) is 9.65. The molecule has 0 heterocycles. The normalized spacial score (nSPS) is 15.4. The van der Waals surface area contributed by atoms with E-state index in [1.54, 1.807) is 36.4 Å². The van der Waals surface area contributed by atoms with Crippen LogP contribution in [0.15, 0.2) is 57.9 Å². The summed E-state index contributed by atoms with van der Waals surface area (Å²) in [4.78, 5) is 12.8. The summed E-state index contributed by atoms with van der Waals surface area (Å²) in [6.45, 7) is 0.142. The molecule has 0 atom stereocenters. The molecule has 0 aromatic heterocycles. The molecule has 1 saturated carbocycles. The van der Waals surface area contributed by atoms with E-state index < -0.39 is 10.0 Å². The van der Waals surface area contributed by atoms with Crippen molar-refractivity contribution in [1.82, 2.24) is 9.62 Å². The van der Waals surface area contributed by atoms with Crippen LogP contribution in [0.25, 0.3) is 0 Å². The molecular formula is C21H24BrClN2O3S. The molecule has 0 unspecified atom stereocenters. The Morgan fingerprint density at radius 2 is 1.66 bits per heavy atom. The topological polar surface area (TPSA) is 66.5 Å². The van der Waals surface area contributed by atoms with Gasteiger partial charge in [0.05, 0.1) is 11.4 Å². The second-order valence-corrected chi connectivity index (χ2v) is 10.4. The number of amides is 1. The predicted octanol–water partition coefficient (Wildman–Crippen LogP) is 4.74. The zero-order valence-electron chi connectivity index (χ0n) is 16.0. The maximum absolute atomic E-state index is 13.3. The highest BCUT2D eigenvalue weighted by molar-refractivity contribution is 9.10. The summed E-state index contributed by atoms with van der Waals surface area (Å²) in [5, 5.41) is 3.45. The molecule has 1 amide bonds. The number of sulfonamides is 1. The van der Waals surface area contributed by atoms with Crippen LogP contribution in [0, 0.1) is 0 Å². The van der Waals surface area contributed by atoms with E-state index in [-0.39, 0.29) is 23.4 Å². The molecule has 29 heavy (non-hydrogen) atoms. The molecule has 0 aliphatic heterocycles. The Morgan fingerprint density at radius 3 is 2.28 bits per heavy atom. The lowest BCUT2D eigenvalue weighted by Gasteiger charge is -2.33. The van der Waals surface area contributed by atoms with Gasteiger partial charge in [0.2, 0.25) is 15.9 Å². The van der Waals surface area contributed by atoms with Crippen LogP contribution < -0.4 is 5.32 Å². The molecule has 0 radical (unpaired) electrons. The van der Waals surface area contributed by atoms with Crippen molar-refractivity contribution in [3.63, 3.8) is 0 Å². The van der Waals surface area contributed by atoms with Crippen LogP contribution in [-0.2, 0) is 21.4 Å². The molecule has 3 rings (SSSR count). The number of rotatable bonds is 7. The minimum absolute atomic E-state index is 0.154. The second kappa shape index (κ2) is 10.1. The SMILES string of the molecule is O=C(CN(C1CCCCC1)S(=O)(=O)c1ccc(Br)cc1)NCc1ccc(Cl)cc1. The van der Waals surface area contributed by atoms with Crippen molar-refractivity contribution in [2.24, 2.45) is 0 Å². The Kier molecular flexibility index (Phi) is 7.73. The smallest absolute Gasteiger partial charge is 0.243 e. The maximum atomic E-state index is 13.3. The van der Waals surface area contributed by atoms with Crippen molar-refractivity contribution >= 4 is 43.5 Å². The number of hydrogen-bond acceptors (Lipinski definition) is 3. The van der Waals surface area contributed by atoms with E-state index in [1.165, 1.54) is 4.31 Å². The van der Waals surface area contributed by atoms with Gasteiger partial charge in [0.25, 0.3) is 0 Å². The summed E-state index contributed by atoms with van der Waals surface area (Å²) < 4.78 is 28.8. The quantitative estimate of drug-likeness (QED) is 0.598. The summed E-state index contributed by atoms with van der Waals surface area (Å²) in [5.41, 5.74) is 0.905. The summed E-state index contributed by atoms with van der Waals surface area (Å²) in [6.07, 6.45) is 4.61. The van der Waals surface area contributed by atoms with Gasteiger partial charge in [-0.25, -0.2) is 8.42 Å². The lowest BCUT2D eigenvalue weighted by atomic mass is 9.95. The van der Waals surface area contributed by atoms with Gasteiger partial charge in [-0.15, -0.1) is 0 Å². The molecule has 1 aliphatic rings. The van der Waals surface area contributed by atoms with Gasteiger partial charge < -0.3 is 5.32 Å². The predicted molar refractivity (Wildman–Crippen MR) is 118 cm³/mol. The number of halogens is 2. The van der Waals surface area contributed by atoms with Crippen LogP contribution in [0.4, 0.5) is 0 Å². The largest absolute Gasteiger partial charge is 0.351 e. The number of benzene rings is 2. The molecule has 2 aromatic carbocycles. The van der Waals surface area contributed by atoms with Crippen LogP contribution in [0.2, 0.25) is 5.02 Å². The number of nitrogens with one attached hydrogen (secondary N) is 1. The first-order valence-corrected chi connectivity index (χ1v) is 12.3. The van der Waals surface area contributed by atoms with Crippen molar-refractivity contribution in [1.29, 1.82) is 0 Å². The summed E-state index contributed by atoms with van der Waals surface area (Å²) >= 11 is 9.22. The Labute approximate surface area is 185 Å². The van der Waals surface area contributed by atoms with Crippen molar-refractivity contribution in [2.75, 3.05) is 6.54 Å². The fourth-order valence-electron chi connectivity index (χ4n) is 3.52. The van der Waals surface area contributed by atoms with Crippen molar-refractivity contribution in [2.45, 2.75) is 49.6 Å². The maximum Gasteiger partial charge on any atom is 0.243 e. The van der Waals surface area contributed by atoms with Crippen LogP contribution in [0.3, 0.4) is 0 Å². The van der Waals surface area contributed by atoms with Crippen LogP contribution >= 0.6 is 27.5 Å². The van der Waals surface area contributed by atoms with Crippen LogP contribution in [0.5, 0.6) is 0 Å². The lowest BCUT2D eigenvalue weighted by molar-refractivity contribution is -0.121. The highest BCUT2D eigenvalue weighted by Crippen LogP contribution is 2.28. The molecule has 5 nitrogen and oxygen atoms in total. The zero-order chi connectivity index (χ0) is 20.9. The van der Waals surface area contributed by atoms with E-state index in [9.17, 15) is 13.2 Å². The molecule has 156 valence electrons. The monoisotopic (exact) mass is 498 g/mol. The zero-order valence-corrected chi connectivity index (χ0v) is 19.1. The average Bonchev–Trinajstić information content (AvgIpc) is 2.72. The van der Waals surface area contributed by atoms with Gasteiger partial charge in [-0.2, -0.15) is 4.31 Å². The molecule has 1 N–H and O–H groups in total. The van der Waals surface area contributed by atoms with Gasteiger partial charge in [0, 0.05) is 22.1 Å². The molecule has 1 fully saturated rings. The third kappa shape index (κ3) is 6.04. The first kappa shape index (κ1) is 22.3. The highest BCUT2D eigenvalue weighted by atomic mass is 79.9. The van der Waals surface area contributed by atoms with Gasteiger partial charge in [-0.3, -0.25) is 4.79 Å². The van der Waals surface area contributed by atoms with Gasteiger partial charge >= 0.3 is 0 Å². The third-order valence-electron chi connectivity index (χ3n) is 5.10. The fraction of sp³-hybridized carbons (Fsp3) is 0.381. The van der Waals surface area contributed by atoms with E-state index in [4.69, 9.17) is 11.6 Å². The van der Waals surface area contributed by atoms with Gasteiger partial charge in [0.15, 0.2) is 0 Å². The Hall–Kier alpha value is -1.41. The van der Waals surface area contributed by atoms with Crippen molar-refractivity contribution in [3.05, 3.63) is 63.6 Å². The Morgan fingerprint density at radius 1 is 1.03 bits per heavy atom. The second-order valence-electron chi connectivity index (χ2n) is 7.20. The molecule has 0 saturated heterocycles. The summed E-state index contributed by atoms with van der Waals surface area (Å²) in [6, 6.07) is 13.6. The Balaban J connectivity index is 1.75. The molecule has 0 bridgehead atoms. The summed E-state index contributed by atoms with van der Waals surface area (Å²) in [5.74, 6) is -0.314. The molecular weight excluding hydrogens is 476 g/mol. The van der Waals surface area contributed by atoms with E-state index in [2.05, 4.69) is 21.2 Å². The van der Waals surface area contributed by atoms with Crippen molar-refractivity contribution < 1.29 is 13.2 Å². The first-order chi connectivity index (χ1) is 13.9. The van der Waals surface area contributed by atoms with E-state index >= 15 is 0 Å². The van der Waals surface area contributed by atoms with E-state index in [0.29, 0.717) is 11.6 Å². The number of hydrogen-bond donors (Lipinski definition) is 1. The van der Waals surface area contributed by atoms with E-state index in [0.717, 1.165) is 42.1 Å². The van der Waals surface area contributed by atoms with Crippen LogP contribution in [0.1, 0.15) is 37.7 Å². The fourth-order valence-corrected chi connectivity index (χ4v) is 5.55. The summed E-state index contributed by atoms with van der Waals surface area (Å²) in [7, 11) is -3.77. The average molecular weight is 500 g/mol. The molecule has 1 aliphatic carbocycles.